The SMILES string of the molecule is CCC1OC(O)C(NC(C)=O)C(O)C1OC1OC(CO)C(OC2OC(CO)C(OC3OC(CO)C(OC4OC(CO)C(O)C(O)C4N)C(O)C3NC(C)=O)C(O)C2NC(C)=O)C(O)C1NC(C)=O. The first kappa shape index (κ1) is 56.0. The molecule has 392 valence electrons. The highest BCUT2D eigenvalue weighted by Gasteiger charge is 2.57. The van der Waals surface area contributed by atoms with Gasteiger partial charge in [0, 0.05) is 27.7 Å². The predicted octanol–water partition coefficient (Wildman–Crippen LogP) is -9.97. The summed E-state index contributed by atoms with van der Waals surface area (Å²) in [4.78, 5) is 49.5. The molecule has 5 heterocycles. The van der Waals surface area contributed by atoms with Crippen molar-refractivity contribution in [2.24, 2.45) is 5.73 Å². The number of carbonyl (C=O) groups is 4. The molecule has 0 aromatic rings. The molecule has 5 aliphatic rings. The largest absolute Gasteiger partial charge is 0.394 e. The van der Waals surface area contributed by atoms with Crippen molar-refractivity contribution in [2.45, 2.75) is 194 Å². The molecule has 4 amide bonds. The molecule has 5 fully saturated rings. The lowest BCUT2D eigenvalue weighted by Crippen LogP contribution is -2.72. The summed E-state index contributed by atoms with van der Waals surface area (Å²) in [5.41, 5.74) is 6.02. The molecule has 0 aromatic heterocycles. The minimum atomic E-state index is -1.95. The Hall–Kier alpha value is -2.96. The van der Waals surface area contributed by atoms with Crippen molar-refractivity contribution in [1.82, 2.24) is 21.3 Å². The van der Waals surface area contributed by atoms with Crippen LogP contribution in [-0.2, 0) is 61.8 Å². The van der Waals surface area contributed by atoms with Gasteiger partial charge in [-0.15, -0.1) is 0 Å². The minimum Gasteiger partial charge on any atom is -0.394 e. The third-order valence-corrected chi connectivity index (χ3v) is 12.2. The monoisotopic (exact) mass is 989 g/mol. The van der Waals surface area contributed by atoms with Gasteiger partial charge < -0.3 is 126 Å². The fourth-order valence-corrected chi connectivity index (χ4v) is 8.89. The molecule has 17 N–H and O–H groups in total. The molecule has 29 nitrogen and oxygen atoms in total. The maximum Gasteiger partial charge on any atom is 0.217 e. The zero-order valence-corrected chi connectivity index (χ0v) is 37.8. The Morgan fingerprint density at radius 3 is 1.04 bits per heavy atom. The summed E-state index contributed by atoms with van der Waals surface area (Å²) < 4.78 is 53.2. The lowest BCUT2D eigenvalue weighted by molar-refractivity contribution is -0.366. The minimum absolute atomic E-state index is 0.150. The van der Waals surface area contributed by atoms with Gasteiger partial charge in [0.05, 0.1) is 38.6 Å². The summed E-state index contributed by atoms with van der Waals surface area (Å²) >= 11 is 0. The average molecular weight is 990 g/mol. The van der Waals surface area contributed by atoms with Crippen molar-refractivity contribution in [3.63, 3.8) is 0 Å². The molecule has 25 atom stereocenters. The molecule has 25 unspecified atom stereocenters. The van der Waals surface area contributed by atoms with Gasteiger partial charge in [-0.2, -0.15) is 0 Å². The molecule has 0 aliphatic carbocycles. The molecule has 5 saturated heterocycles. The van der Waals surface area contributed by atoms with Gasteiger partial charge in [-0.3, -0.25) is 19.2 Å². The van der Waals surface area contributed by atoms with Crippen LogP contribution in [0.4, 0.5) is 0 Å². The lowest BCUT2D eigenvalue weighted by Gasteiger charge is -2.51. The smallest absolute Gasteiger partial charge is 0.217 e. The van der Waals surface area contributed by atoms with Crippen LogP contribution in [0.15, 0.2) is 0 Å². The van der Waals surface area contributed by atoms with E-state index < -0.39 is 203 Å². The van der Waals surface area contributed by atoms with Crippen molar-refractivity contribution in [1.29, 1.82) is 0 Å². The summed E-state index contributed by atoms with van der Waals surface area (Å²) in [6, 6.07) is -7.67. The molecule has 5 aliphatic heterocycles. The highest BCUT2D eigenvalue weighted by atomic mass is 16.8. The van der Waals surface area contributed by atoms with Gasteiger partial charge in [-0.1, -0.05) is 6.92 Å². The van der Waals surface area contributed by atoms with Crippen LogP contribution >= 0.6 is 0 Å². The van der Waals surface area contributed by atoms with Crippen LogP contribution in [0.3, 0.4) is 0 Å². The number of hydrogen-bond donors (Lipinski definition) is 16. The van der Waals surface area contributed by atoms with E-state index in [2.05, 4.69) is 21.3 Å². The molecular weight excluding hydrogens is 922 g/mol. The quantitative estimate of drug-likeness (QED) is 0.0643. The third kappa shape index (κ3) is 12.6. The normalized spacial score (nSPS) is 45.5. The van der Waals surface area contributed by atoms with E-state index in [1.165, 1.54) is 0 Å². The lowest BCUT2D eigenvalue weighted by atomic mass is 9.92. The Kier molecular flexibility index (Phi) is 20.1. The first-order chi connectivity index (χ1) is 32.1. The fraction of sp³-hybridized carbons (Fsp3) is 0.897. The van der Waals surface area contributed by atoms with Gasteiger partial charge >= 0.3 is 0 Å². The second kappa shape index (κ2) is 24.4. The van der Waals surface area contributed by atoms with E-state index in [1.54, 1.807) is 6.92 Å². The van der Waals surface area contributed by atoms with E-state index in [0.717, 1.165) is 27.7 Å². The maximum atomic E-state index is 12.6. The Morgan fingerprint density at radius 2 is 0.721 bits per heavy atom. The molecule has 0 spiro atoms. The number of nitrogens with two attached hydrogens (primary N) is 1. The number of nitrogens with one attached hydrogen (secondary N) is 4. The van der Waals surface area contributed by atoms with Gasteiger partial charge in [-0.05, 0) is 6.42 Å². The molecule has 5 rings (SSSR count). The Bertz CT molecular complexity index is 1680. The van der Waals surface area contributed by atoms with Crippen LogP contribution in [0.25, 0.3) is 0 Å². The van der Waals surface area contributed by atoms with Crippen molar-refractivity contribution >= 4 is 23.6 Å². The highest BCUT2D eigenvalue weighted by molar-refractivity contribution is 5.74. The van der Waals surface area contributed by atoms with Crippen LogP contribution in [0.2, 0.25) is 0 Å². The first-order valence-electron chi connectivity index (χ1n) is 22.0. The summed E-state index contributed by atoms with van der Waals surface area (Å²) in [6.07, 6.45) is -32.6. The van der Waals surface area contributed by atoms with Crippen molar-refractivity contribution < 1.29 is 118 Å². The fourth-order valence-electron chi connectivity index (χ4n) is 8.89. The van der Waals surface area contributed by atoms with Crippen molar-refractivity contribution in [3.05, 3.63) is 0 Å². The van der Waals surface area contributed by atoms with Crippen LogP contribution < -0.4 is 27.0 Å². The zero-order chi connectivity index (χ0) is 50.5. The van der Waals surface area contributed by atoms with Gasteiger partial charge in [0.2, 0.25) is 23.6 Å². The number of aliphatic hydroxyl groups is 11. The summed E-state index contributed by atoms with van der Waals surface area (Å²) in [7, 11) is 0. The number of carbonyl (C=O) groups excluding carboxylic acids is 4. The maximum absolute atomic E-state index is 12.6. The van der Waals surface area contributed by atoms with Gasteiger partial charge in [0.1, 0.15) is 110 Å². The van der Waals surface area contributed by atoms with Crippen LogP contribution in [0.5, 0.6) is 0 Å². The summed E-state index contributed by atoms with van der Waals surface area (Å²) in [5.74, 6) is -2.87. The van der Waals surface area contributed by atoms with E-state index in [4.69, 9.17) is 48.4 Å². The van der Waals surface area contributed by atoms with Gasteiger partial charge in [0.25, 0.3) is 0 Å². The highest BCUT2D eigenvalue weighted by Crippen LogP contribution is 2.36. The second-order valence-corrected chi connectivity index (χ2v) is 17.2. The number of ether oxygens (including phenoxy) is 9. The number of amides is 4. The molecular formula is C39H67N5O24. The van der Waals surface area contributed by atoms with Gasteiger partial charge in [-0.25, -0.2) is 0 Å². The standard InChI is InChI=1S/C39H67N5O24/c1-6-15-31(27(55)21(35(59)60-15)41-11(2)49)66-37-23(43-13(4)51)29(57)33(18(9-47)63-37)68-39-24(44-14(5)52)30(58)34(19(10-48)64-39)67-38-22(42-12(3)50)28(56)32(17(8-46)62-38)65-36-20(40)26(54)25(53)16(7-45)61-36/h15-39,45-48,53-59H,6-10,40H2,1-5H3,(H,41,49)(H,42,50)(H,43,51)(H,44,52). The Balaban J connectivity index is 1.38. The van der Waals surface area contributed by atoms with Crippen LogP contribution in [0, 0.1) is 0 Å². The summed E-state index contributed by atoms with van der Waals surface area (Å²) in [6.45, 7) is 2.47. The average Bonchev–Trinajstić information content (AvgIpc) is 3.28. The van der Waals surface area contributed by atoms with E-state index in [-0.39, 0.29) is 6.42 Å². The first-order valence-corrected chi connectivity index (χ1v) is 22.0. The molecule has 68 heavy (non-hydrogen) atoms. The third-order valence-electron chi connectivity index (χ3n) is 12.2. The number of aliphatic hydroxyl groups excluding tert-OH is 11. The number of rotatable bonds is 17. The second-order valence-electron chi connectivity index (χ2n) is 17.2. The van der Waals surface area contributed by atoms with Crippen molar-refractivity contribution in [3.8, 4) is 0 Å². The van der Waals surface area contributed by atoms with E-state index in [9.17, 15) is 75.3 Å². The van der Waals surface area contributed by atoms with E-state index in [1.807, 2.05) is 0 Å². The van der Waals surface area contributed by atoms with Gasteiger partial charge in [0.15, 0.2) is 31.5 Å². The topological polar surface area (TPSA) is 448 Å². The molecule has 0 radical (unpaired) electrons. The molecule has 0 bridgehead atoms. The summed E-state index contributed by atoms with van der Waals surface area (Å²) in [5, 5.41) is 129. The number of hydrogen-bond acceptors (Lipinski definition) is 25. The van der Waals surface area contributed by atoms with Crippen LogP contribution in [-0.4, -0.2) is 259 Å². The molecule has 29 heteroatoms. The zero-order valence-electron chi connectivity index (χ0n) is 37.8. The Labute approximate surface area is 389 Å². The molecule has 0 saturated carbocycles. The van der Waals surface area contributed by atoms with Crippen molar-refractivity contribution in [2.75, 3.05) is 26.4 Å². The Morgan fingerprint density at radius 1 is 0.426 bits per heavy atom. The van der Waals surface area contributed by atoms with E-state index in [0.29, 0.717) is 0 Å². The molecule has 0 aromatic carbocycles. The predicted molar refractivity (Wildman–Crippen MR) is 218 cm³/mol. The van der Waals surface area contributed by atoms with Crippen LogP contribution in [0.1, 0.15) is 41.0 Å². The van der Waals surface area contributed by atoms with E-state index >= 15 is 0 Å².